The third kappa shape index (κ3) is 5.58. The summed E-state index contributed by atoms with van der Waals surface area (Å²) in [7, 11) is 1.25. The molecule has 0 unspecified atom stereocenters. The predicted octanol–water partition coefficient (Wildman–Crippen LogP) is 1.75. The highest BCUT2D eigenvalue weighted by Gasteiger charge is 2.15. The Kier molecular flexibility index (Phi) is 7.19. The van der Waals surface area contributed by atoms with E-state index in [4.69, 9.17) is 16.9 Å². The Morgan fingerprint density at radius 2 is 2.21 bits per heavy atom. The number of anilines is 1. The summed E-state index contributed by atoms with van der Waals surface area (Å²) in [6.07, 6.45) is 1.21. The van der Waals surface area contributed by atoms with E-state index in [0.29, 0.717) is 0 Å². The SMILES string of the molecule is COC(=O)CCN/C=C(/C#N)C(=O)Nc1ccc(Cl)c([N+](=O)[O-])c1. The van der Waals surface area contributed by atoms with Gasteiger partial charge in [0.25, 0.3) is 11.6 Å². The number of nitriles is 1. The van der Waals surface area contributed by atoms with Gasteiger partial charge in [-0.15, -0.1) is 0 Å². The van der Waals surface area contributed by atoms with Crippen molar-refractivity contribution in [3.63, 3.8) is 0 Å². The molecule has 0 fully saturated rings. The summed E-state index contributed by atoms with van der Waals surface area (Å²) in [6.45, 7) is 0.178. The number of carbonyl (C=O) groups excluding carboxylic acids is 2. The summed E-state index contributed by atoms with van der Waals surface area (Å²) in [6, 6.07) is 5.40. The van der Waals surface area contributed by atoms with Crippen LogP contribution < -0.4 is 10.6 Å². The second kappa shape index (κ2) is 9.12. The maximum atomic E-state index is 12.0. The van der Waals surface area contributed by atoms with Gasteiger partial charge < -0.3 is 15.4 Å². The first-order valence-corrected chi connectivity index (χ1v) is 6.92. The van der Waals surface area contributed by atoms with E-state index in [-0.39, 0.29) is 34.9 Å². The van der Waals surface area contributed by atoms with Crippen LogP contribution in [-0.4, -0.2) is 30.5 Å². The van der Waals surface area contributed by atoms with Crippen LogP contribution in [-0.2, 0) is 14.3 Å². The highest BCUT2D eigenvalue weighted by molar-refractivity contribution is 6.32. The second-order valence-corrected chi connectivity index (χ2v) is 4.73. The summed E-state index contributed by atoms with van der Waals surface area (Å²) < 4.78 is 4.44. The first-order chi connectivity index (χ1) is 11.4. The molecule has 0 atom stereocenters. The molecule has 1 aromatic rings. The van der Waals surface area contributed by atoms with E-state index in [1.54, 1.807) is 6.07 Å². The number of benzene rings is 1. The summed E-state index contributed by atoms with van der Waals surface area (Å²) >= 11 is 5.67. The van der Waals surface area contributed by atoms with Crippen molar-refractivity contribution in [3.8, 4) is 6.07 Å². The van der Waals surface area contributed by atoms with Gasteiger partial charge in [0.1, 0.15) is 16.7 Å². The maximum Gasteiger partial charge on any atom is 0.307 e. The summed E-state index contributed by atoms with van der Waals surface area (Å²) in [5.74, 6) is -1.20. The number of halogens is 1. The third-order valence-electron chi connectivity index (χ3n) is 2.71. The summed E-state index contributed by atoms with van der Waals surface area (Å²) in [5.41, 5.74) is -0.516. The van der Waals surface area contributed by atoms with Gasteiger partial charge in [0, 0.05) is 24.5 Å². The number of amides is 1. The molecule has 2 N–H and O–H groups in total. The van der Waals surface area contributed by atoms with Crippen LogP contribution in [0.3, 0.4) is 0 Å². The Labute approximate surface area is 142 Å². The lowest BCUT2D eigenvalue weighted by molar-refractivity contribution is -0.384. The monoisotopic (exact) mass is 352 g/mol. The highest BCUT2D eigenvalue weighted by atomic mass is 35.5. The van der Waals surface area contributed by atoms with E-state index < -0.39 is 16.8 Å². The summed E-state index contributed by atoms with van der Waals surface area (Å²) in [5, 5.41) is 24.7. The number of rotatable bonds is 7. The second-order valence-electron chi connectivity index (χ2n) is 4.33. The lowest BCUT2D eigenvalue weighted by Crippen LogP contribution is -2.18. The minimum absolute atomic E-state index is 0.0662. The number of carbonyl (C=O) groups is 2. The molecule has 1 rings (SSSR count). The zero-order valence-electron chi connectivity index (χ0n) is 12.5. The van der Waals surface area contributed by atoms with E-state index in [0.717, 1.165) is 12.3 Å². The molecule has 0 spiro atoms. The van der Waals surface area contributed by atoms with Gasteiger partial charge in [-0.25, -0.2) is 0 Å². The minimum Gasteiger partial charge on any atom is -0.469 e. The average molecular weight is 353 g/mol. The molecule has 0 bridgehead atoms. The quantitative estimate of drug-likeness (QED) is 0.190. The number of ether oxygens (including phenoxy) is 1. The molecular weight excluding hydrogens is 340 g/mol. The van der Waals surface area contributed by atoms with Gasteiger partial charge in [-0.3, -0.25) is 19.7 Å². The van der Waals surface area contributed by atoms with Crippen LogP contribution in [0.25, 0.3) is 0 Å². The zero-order chi connectivity index (χ0) is 18.1. The van der Waals surface area contributed by atoms with Crippen molar-refractivity contribution in [1.82, 2.24) is 5.32 Å². The number of hydrogen-bond acceptors (Lipinski definition) is 7. The van der Waals surface area contributed by atoms with Crippen LogP contribution in [0.15, 0.2) is 30.0 Å². The van der Waals surface area contributed by atoms with Gasteiger partial charge in [-0.1, -0.05) is 11.6 Å². The van der Waals surface area contributed by atoms with Crippen molar-refractivity contribution in [2.24, 2.45) is 0 Å². The van der Waals surface area contributed by atoms with Crippen molar-refractivity contribution < 1.29 is 19.2 Å². The van der Waals surface area contributed by atoms with Crippen molar-refractivity contribution >= 4 is 34.9 Å². The number of hydrogen-bond donors (Lipinski definition) is 2. The molecule has 0 aromatic heterocycles. The molecule has 0 aliphatic rings. The lowest BCUT2D eigenvalue weighted by Gasteiger charge is -2.05. The van der Waals surface area contributed by atoms with E-state index in [1.807, 2.05) is 0 Å². The van der Waals surface area contributed by atoms with Crippen LogP contribution in [0, 0.1) is 21.4 Å². The number of nitro benzene ring substituents is 1. The largest absolute Gasteiger partial charge is 0.469 e. The van der Waals surface area contributed by atoms with Gasteiger partial charge in [0.15, 0.2) is 0 Å². The van der Waals surface area contributed by atoms with Crippen LogP contribution >= 0.6 is 11.6 Å². The molecule has 0 heterocycles. The van der Waals surface area contributed by atoms with Gasteiger partial charge in [-0.05, 0) is 12.1 Å². The van der Waals surface area contributed by atoms with Gasteiger partial charge in [-0.2, -0.15) is 5.26 Å². The number of methoxy groups -OCH3 is 1. The molecule has 0 aliphatic heterocycles. The Balaban J connectivity index is 2.74. The van der Waals surface area contributed by atoms with Crippen LogP contribution in [0.5, 0.6) is 0 Å². The van der Waals surface area contributed by atoms with E-state index in [9.17, 15) is 19.7 Å². The molecular formula is C14H13ClN4O5. The molecule has 0 saturated heterocycles. The minimum atomic E-state index is -0.764. The van der Waals surface area contributed by atoms with Crippen molar-refractivity contribution in [1.29, 1.82) is 5.26 Å². The molecule has 24 heavy (non-hydrogen) atoms. The van der Waals surface area contributed by atoms with E-state index in [1.165, 1.54) is 19.2 Å². The predicted molar refractivity (Wildman–Crippen MR) is 85.1 cm³/mol. The molecule has 0 saturated carbocycles. The number of esters is 1. The first kappa shape index (κ1) is 18.9. The van der Waals surface area contributed by atoms with Gasteiger partial charge in [0.2, 0.25) is 0 Å². The number of nitrogens with zero attached hydrogens (tertiary/aromatic N) is 2. The molecule has 0 radical (unpaired) electrons. The topological polar surface area (TPSA) is 134 Å². The normalized spacial score (nSPS) is 10.5. The Hall–Kier alpha value is -3.12. The van der Waals surface area contributed by atoms with Crippen LogP contribution in [0.1, 0.15) is 6.42 Å². The van der Waals surface area contributed by atoms with Crippen molar-refractivity contribution in [3.05, 3.63) is 45.1 Å². The van der Waals surface area contributed by atoms with E-state index >= 15 is 0 Å². The highest BCUT2D eigenvalue weighted by Crippen LogP contribution is 2.27. The molecule has 1 amide bonds. The molecule has 9 nitrogen and oxygen atoms in total. The van der Waals surface area contributed by atoms with Gasteiger partial charge in [0.05, 0.1) is 18.5 Å². The van der Waals surface area contributed by atoms with Crippen LogP contribution in [0.2, 0.25) is 5.02 Å². The van der Waals surface area contributed by atoms with Crippen LogP contribution in [0.4, 0.5) is 11.4 Å². The molecule has 1 aromatic carbocycles. The fraction of sp³-hybridized carbons (Fsp3) is 0.214. The number of nitrogens with one attached hydrogen (secondary N) is 2. The fourth-order valence-corrected chi connectivity index (χ4v) is 1.71. The van der Waals surface area contributed by atoms with E-state index in [2.05, 4.69) is 15.4 Å². The fourth-order valence-electron chi connectivity index (χ4n) is 1.53. The van der Waals surface area contributed by atoms with Crippen molar-refractivity contribution in [2.45, 2.75) is 6.42 Å². The smallest absolute Gasteiger partial charge is 0.307 e. The van der Waals surface area contributed by atoms with Gasteiger partial charge >= 0.3 is 5.97 Å². The lowest BCUT2D eigenvalue weighted by atomic mass is 10.2. The van der Waals surface area contributed by atoms with Crippen molar-refractivity contribution in [2.75, 3.05) is 19.0 Å². The Morgan fingerprint density at radius 1 is 1.50 bits per heavy atom. The summed E-state index contributed by atoms with van der Waals surface area (Å²) in [4.78, 5) is 33.0. The standard InChI is InChI=1S/C14H13ClN4O5/c1-24-13(20)4-5-17-8-9(7-16)14(21)18-10-2-3-11(15)12(6-10)19(22)23/h2-3,6,8,17H,4-5H2,1H3,(H,18,21)/b9-8-. The average Bonchev–Trinajstić information content (AvgIpc) is 2.55. The third-order valence-corrected chi connectivity index (χ3v) is 3.03. The Morgan fingerprint density at radius 3 is 2.79 bits per heavy atom. The molecule has 0 aliphatic carbocycles. The molecule has 10 heteroatoms. The number of nitro groups is 1. The zero-order valence-corrected chi connectivity index (χ0v) is 13.3. The molecule has 126 valence electrons. The maximum absolute atomic E-state index is 12.0. The Bertz CT molecular complexity index is 726. The first-order valence-electron chi connectivity index (χ1n) is 6.54.